The van der Waals surface area contributed by atoms with E-state index < -0.39 is 23.5 Å². The lowest BCUT2D eigenvalue weighted by Gasteiger charge is -2.28. The van der Waals surface area contributed by atoms with Crippen molar-refractivity contribution in [2.45, 2.75) is 39.3 Å². The zero-order valence-corrected chi connectivity index (χ0v) is 18.5. The number of hydrogen-bond acceptors (Lipinski definition) is 5. The van der Waals surface area contributed by atoms with Gasteiger partial charge in [-0.05, 0) is 37.5 Å². The predicted molar refractivity (Wildman–Crippen MR) is 120 cm³/mol. The Balaban J connectivity index is 2.31. The van der Waals surface area contributed by atoms with Gasteiger partial charge in [-0.3, -0.25) is 4.79 Å². The van der Waals surface area contributed by atoms with E-state index in [1.165, 1.54) is 6.92 Å². The van der Waals surface area contributed by atoms with Crippen molar-refractivity contribution in [3.63, 3.8) is 0 Å². The molecule has 6 heteroatoms. The summed E-state index contributed by atoms with van der Waals surface area (Å²) >= 11 is 0. The molecule has 0 heterocycles. The van der Waals surface area contributed by atoms with Gasteiger partial charge in [0.05, 0.1) is 18.8 Å². The molecule has 0 aromatic heterocycles. The fraction of sp³-hybridized carbons (Fsp3) is 0.320. The quantitative estimate of drug-likeness (QED) is 0.392. The second-order valence-corrected chi connectivity index (χ2v) is 7.67. The third-order valence-electron chi connectivity index (χ3n) is 5.17. The summed E-state index contributed by atoms with van der Waals surface area (Å²) in [4.78, 5) is 25.7. The van der Waals surface area contributed by atoms with Crippen LogP contribution in [0.3, 0.4) is 0 Å². The molecule has 0 aliphatic rings. The molecule has 2 aromatic carbocycles. The SMILES string of the molecule is COc1ccccc1/C=C(/C(=O)O[C@H](C)C(=O)N[C@](C)(C#N)C(C)C)c1ccccc1. The largest absolute Gasteiger partial charge is 0.496 e. The first-order valence-corrected chi connectivity index (χ1v) is 10.1. The smallest absolute Gasteiger partial charge is 0.339 e. The van der Waals surface area contributed by atoms with E-state index in [0.29, 0.717) is 16.9 Å². The standard InChI is InChI=1S/C25H28N2O4/c1-17(2)25(4,16-26)27-23(28)18(3)31-24(29)21(19-11-7-6-8-12-19)15-20-13-9-10-14-22(20)30-5/h6-15,17-18H,1-5H3,(H,27,28)/b21-15+/t18-,25-/m1/s1. The summed E-state index contributed by atoms with van der Waals surface area (Å²) in [6, 6.07) is 18.5. The molecule has 0 spiro atoms. The van der Waals surface area contributed by atoms with Gasteiger partial charge in [-0.2, -0.15) is 5.26 Å². The first kappa shape index (κ1) is 23.7. The van der Waals surface area contributed by atoms with Crippen molar-refractivity contribution >= 4 is 23.5 Å². The topological polar surface area (TPSA) is 88.4 Å². The van der Waals surface area contributed by atoms with Gasteiger partial charge in [0.25, 0.3) is 5.91 Å². The summed E-state index contributed by atoms with van der Waals surface area (Å²) in [5.41, 5.74) is 0.578. The third kappa shape index (κ3) is 5.95. The highest BCUT2D eigenvalue weighted by atomic mass is 16.5. The molecular weight excluding hydrogens is 392 g/mol. The van der Waals surface area contributed by atoms with E-state index in [1.807, 2.05) is 50.2 Å². The van der Waals surface area contributed by atoms with Crippen molar-refractivity contribution in [3.05, 3.63) is 65.7 Å². The van der Waals surface area contributed by atoms with Gasteiger partial charge in [-0.15, -0.1) is 0 Å². The fourth-order valence-electron chi connectivity index (χ4n) is 2.76. The Morgan fingerprint density at radius 2 is 1.68 bits per heavy atom. The summed E-state index contributed by atoms with van der Waals surface area (Å²) < 4.78 is 10.9. The Kier molecular flexibility index (Phi) is 7.98. The number of nitriles is 1. The maximum absolute atomic E-state index is 13.1. The van der Waals surface area contributed by atoms with Gasteiger partial charge in [0, 0.05) is 5.56 Å². The number of benzene rings is 2. The first-order chi connectivity index (χ1) is 14.7. The zero-order chi connectivity index (χ0) is 23.0. The molecule has 0 unspecified atom stereocenters. The minimum atomic E-state index is -1.08. The number of nitrogens with one attached hydrogen (secondary N) is 1. The van der Waals surface area contributed by atoms with Crippen LogP contribution in [0.5, 0.6) is 5.75 Å². The zero-order valence-electron chi connectivity index (χ0n) is 18.5. The monoisotopic (exact) mass is 420 g/mol. The number of hydrogen-bond donors (Lipinski definition) is 1. The summed E-state index contributed by atoms with van der Waals surface area (Å²) in [6.45, 7) is 6.80. The Bertz CT molecular complexity index is 992. The molecular formula is C25H28N2O4. The van der Waals surface area contributed by atoms with Crippen LogP contribution >= 0.6 is 0 Å². The lowest BCUT2D eigenvalue weighted by atomic mass is 9.90. The number of carbonyl (C=O) groups excluding carboxylic acids is 2. The third-order valence-corrected chi connectivity index (χ3v) is 5.17. The number of methoxy groups -OCH3 is 1. The Labute approximate surface area is 183 Å². The number of amides is 1. The van der Waals surface area contributed by atoms with Crippen LogP contribution < -0.4 is 10.1 Å². The average molecular weight is 421 g/mol. The van der Waals surface area contributed by atoms with E-state index in [4.69, 9.17) is 9.47 Å². The molecule has 0 aliphatic carbocycles. The van der Waals surface area contributed by atoms with Gasteiger partial charge in [-0.25, -0.2) is 4.79 Å². The summed E-state index contributed by atoms with van der Waals surface area (Å²) in [5.74, 6) is -0.690. The van der Waals surface area contributed by atoms with Crippen LogP contribution in [-0.2, 0) is 14.3 Å². The van der Waals surface area contributed by atoms with E-state index >= 15 is 0 Å². The van der Waals surface area contributed by atoms with Gasteiger partial charge in [0.2, 0.25) is 0 Å². The van der Waals surface area contributed by atoms with Crippen LogP contribution in [-0.4, -0.2) is 30.6 Å². The Hall–Kier alpha value is -3.59. The van der Waals surface area contributed by atoms with Crippen LogP contribution in [0.25, 0.3) is 11.6 Å². The van der Waals surface area contributed by atoms with Crippen LogP contribution in [0.4, 0.5) is 0 Å². The molecule has 0 bridgehead atoms. The Morgan fingerprint density at radius 1 is 1.06 bits per heavy atom. The summed E-state index contributed by atoms with van der Waals surface area (Å²) in [7, 11) is 1.56. The molecule has 162 valence electrons. The van der Waals surface area contributed by atoms with Gasteiger partial charge < -0.3 is 14.8 Å². The van der Waals surface area contributed by atoms with Crippen LogP contribution in [0.1, 0.15) is 38.8 Å². The molecule has 0 aliphatic heterocycles. The fourth-order valence-corrected chi connectivity index (χ4v) is 2.76. The van der Waals surface area contributed by atoms with E-state index in [1.54, 1.807) is 38.3 Å². The van der Waals surface area contributed by atoms with E-state index in [9.17, 15) is 14.9 Å². The molecule has 2 rings (SSSR count). The number of para-hydroxylation sites is 1. The minimum absolute atomic E-state index is 0.116. The molecule has 0 saturated heterocycles. The molecule has 1 N–H and O–H groups in total. The van der Waals surface area contributed by atoms with Gasteiger partial charge >= 0.3 is 5.97 Å². The van der Waals surface area contributed by atoms with Gasteiger partial charge in [-0.1, -0.05) is 62.4 Å². The van der Waals surface area contributed by atoms with Crippen molar-refractivity contribution in [1.29, 1.82) is 5.26 Å². The molecule has 0 radical (unpaired) electrons. The minimum Gasteiger partial charge on any atom is -0.496 e. The second-order valence-electron chi connectivity index (χ2n) is 7.67. The molecule has 2 aromatic rings. The average Bonchev–Trinajstić information content (AvgIpc) is 2.77. The Morgan fingerprint density at radius 3 is 2.26 bits per heavy atom. The maximum Gasteiger partial charge on any atom is 0.339 e. The molecule has 6 nitrogen and oxygen atoms in total. The first-order valence-electron chi connectivity index (χ1n) is 10.1. The van der Waals surface area contributed by atoms with Gasteiger partial charge in [0.15, 0.2) is 6.10 Å². The number of nitrogens with zero attached hydrogens (tertiary/aromatic N) is 1. The van der Waals surface area contributed by atoms with Crippen LogP contribution in [0, 0.1) is 17.2 Å². The lowest BCUT2D eigenvalue weighted by molar-refractivity contribution is -0.150. The number of esters is 1. The van der Waals surface area contributed by atoms with Crippen molar-refractivity contribution < 1.29 is 19.1 Å². The second kappa shape index (κ2) is 10.4. The van der Waals surface area contributed by atoms with Crippen LogP contribution in [0.2, 0.25) is 0 Å². The van der Waals surface area contributed by atoms with E-state index in [0.717, 1.165) is 0 Å². The lowest BCUT2D eigenvalue weighted by Crippen LogP contribution is -2.52. The molecule has 31 heavy (non-hydrogen) atoms. The number of carbonyl (C=O) groups is 2. The predicted octanol–water partition coefficient (Wildman–Crippen LogP) is 4.22. The van der Waals surface area contributed by atoms with E-state index in [-0.39, 0.29) is 11.5 Å². The van der Waals surface area contributed by atoms with Crippen molar-refractivity contribution in [1.82, 2.24) is 5.32 Å². The maximum atomic E-state index is 13.1. The van der Waals surface area contributed by atoms with Crippen molar-refractivity contribution in [2.75, 3.05) is 7.11 Å². The summed E-state index contributed by atoms with van der Waals surface area (Å²) in [6.07, 6.45) is 0.595. The highest BCUT2D eigenvalue weighted by Gasteiger charge is 2.33. The highest BCUT2D eigenvalue weighted by Crippen LogP contribution is 2.26. The molecule has 2 atom stereocenters. The van der Waals surface area contributed by atoms with Crippen LogP contribution in [0.15, 0.2) is 54.6 Å². The number of rotatable bonds is 8. The molecule has 1 amide bonds. The molecule has 0 saturated carbocycles. The summed E-state index contributed by atoms with van der Waals surface area (Å²) in [5, 5.41) is 12.1. The highest BCUT2D eigenvalue weighted by molar-refractivity contribution is 6.22. The number of ether oxygens (including phenoxy) is 2. The van der Waals surface area contributed by atoms with E-state index in [2.05, 4.69) is 11.4 Å². The molecule has 0 fully saturated rings. The van der Waals surface area contributed by atoms with Gasteiger partial charge in [0.1, 0.15) is 11.3 Å². The van der Waals surface area contributed by atoms with Crippen molar-refractivity contribution in [3.8, 4) is 11.8 Å². The normalized spacial score (nSPS) is 14.2. The van der Waals surface area contributed by atoms with Crippen molar-refractivity contribution in [2.24, 2.45) is 5.92 Å².